The van der Waals surface area contributed by atoms with Crippen LogP contribution in [0.25, 0.3) is 0 Å². The number of hydrogen-bond acceptors (Lipinski definition) is 6. The third kappa shape index (κ3) is 5.01. The molecule has 1 aliphatic carbocycles. The molecule has 1 saturated carbocycles. The van der Waals surface area contributed by atoms with Crippen molar-refractivity contribution in [3.05, 3.63) is 5.89 Å². The average Bonchev–Trinajstić information content (AvgIpc) is 3.11. The Morgan fingerprint density at radius 1 is 1.33 bits per heavy atom. The standard InChI is InChI=1S/C12H22N4O2/c1-2-7-17-8-3-6-13-12-16-15-11(18-12)9-14-10-4-5-10/h10,14H,2-9H2,1H3,(H,13,16). The summed E-state index contributed by atoms with van der Waals surface area (Å²) in [4.78, 5) is 0. The number of nitrogens with one attached hydrogen (secondary N) is 2. The smallest absolute Gasteiger partial charge is 0.315 e. The van der Waals surface area contributed by atoms with Crippen LogP contribution in [0.3, 0.4) is 0 Å². The summed E-state index contributed by atoms with van der Waals surface area (Å²) < 4.78 is 10.8. The van der Waals surface area contributed by atoms with Crippen molar-refractivity contribution in [1.82, 2.24) is 15.5 Å². The van der Waals surface area contributed by atoms with Gasteiger partial charge in [-0.15, -0.1) is 5.10 Å². The zero-order valence-electron chi connectivity index (χ0n) is 10.9. The summed E-state index contributed by atoms with van der Waals surface area (Å²) in [5, 5.41) is 14.3. The molecule has 0 spiro atoms. The van der Waals surface area contributed by atoms with Gasteiger partial charge in [0.1, 0.15) is 0 Å². The molecule has 0 bridgehead atoms. The molecule has 6 nitrogen and oxygen atoms in total. The fourth-order valence-corrected chi connectivity index (χ4v) is 1.53. The molecule has 1 aromatic heterocycles. The van der Waals surface area contributed by atoms with E-state index in [1.165, 1.54) is 12.8 Å². The van der Waals surface area contributed by atoms with Crippen LogP contribution in [-0.4, -0.2) is 36.0 Å². The zero-order valence-corrected chi connectivity index (χ0v) is 10.9. The summed E-state index contributed by atoms with van der Waals surface area (Å²) in [6.45, 7) is 5.16. The van der Waals surface area contributed by atoms with Gasteiger partial charge in [-0.2, -0.15) is 0 Å². The Balaban J connectivity index is 1.54. The lowest BCUT2D eigenvalue weighted by molar-refractivity contribution is 0.134. The van der Waals surface area contributed by atoms with E-state index in [0.29, 0.717) is 24.5 Å². The van der Waals surface area contributed by atoms with Gasteiger partial charge in [-0.3, -0.25) is 0 Å². The summed E-state index contributed by atoms with van der Waals surface area (Å²) in [6, 6.07) is 1.15. The summed E-state index contributed by atoms with van der Waals surface area (Å²) >= 11 is 0. The molecular weight excluding hydrogens is 232 g/mol. The predicted molar refractivity (Wildman–Crippen MR) is 68.4 cm³/mol. The Kier molecular flexibility index (Phi) is 5.41. The van der Waals surface area contributed by atoms with Crippen LogP contribution in [0.4, 0.5) is 6.01 Å². The van der Waals surface area contributed by atoms with Gasteiger partial charge in [0.15, 0.2) is 0 Å². The van der Waals surface area contributed by atoms with Crippen molar-refractivity contribution in [1.29, 1.82) is 0 Å². The van der Waals surface area contributed by atoms with Crippen LogP contribution in [0.15, 0.2) is 4.42 Å². The average molecular weight is 254 g/mol. The highest BCUT2D eigenvalue weighted by Crippen LogP contribution is 2.19. The van der Waals surface area contributed by atoms with Gasteiger partial charge in [0.2, 0.25) is 5.89 Å². The molecule has 0 aliphatic heterocycles. The minimum absolute atomic E-state index is 0.498. The van der Waals surface area contributed by atoms with Gasteiger partial charge in [-0.1, -0.05) is 12.0 Å². The fraction of sp³-hybridized carbons (Fsp3) is 0.833. The third-order valence-corrected chi connectivity index (χ3v) is 2.68. The molecule has 102 valence electrons. The monoisotopic (exact) mass is 254 g/mol. The summed E-state index contributed by atoms with van der Waals surface area (Å²) in [7, 11) is 0. The van der Waals surface area contributed by atoms with Crippen molar-refractivity contribution in [2.24, 2.45) is 0 Å². The Morgan fingerprint density at radius 3 is 3.00 bits per heavy atom. The van der Waals surface area contributed by atoms with Crippen molar-refractivity contribution < 1.29 is 9.15 Å². The second-order valence-corrected chi connectivity index (χ2v) is 4.55. The maximum absolute atomic E-state index is 5.45. The van der Waals surface area contributed by atoms with Crippen LogP contribution in [0, 0.1) is 0 Å². The van der Waals surface area contributed by atoms with E-state index in [4.69, 9.17) is 9.15 Å². The molecule has 0 aromatic carbocycles. The Morgan fingerprint density at radius 2 is 2.22 bits per heavy atom. The molecule has 0 atom stereocenters. The second kappa shape index (κ2) is 7.33. The van der Waals surface area contributed by atoms with E-state index < -0.39 is 0 Å². The van der Waals surface area contributed by atoms with Gasteiger partial charge in [-0.25, -0.2) is 0 Å². The first-order valence-electron chi connectivity index (χ1n) is 6.76. The van der Waals surface area contributed by atoms with Gasteiger partial charge in [0, 0.05) is 25.8 Å². The van der Waals surface area contributed by atoms with E-state index in [1.54, 1.807) is 0 Å². The van der Waals surface area contributed by atoms with E-state index in [9.17, 15) is 0 Å². The molecule has 1 aliphatic rings. The first-order chi connectivity index (χ1) is 8.88. The molecular formula is C12H22N4O2. The van der Waals surface area contributed by atoms with Crippen LogP contribution in [0.1, 0.15) is 38.5 Å². The molecule has 2 N–H and O–H groups in total. The van der Waals surface area contributed by atoms with Crippen LogP contribution in [0.5, 0.6) is 0 Å². The van der Waals surface area contributed by atoms with E-state index in [0.717, 1.165) is 32.6 Å². The zero-order chi connectivity index (χ0) is 12.6. The van der Waals surface area contributed by atoms with Crippen LogP contribution >= 0.6 is 0 Å². The maximum atomic E-state index is 5.45. The number of ether oxygens (including phenoxy) is 1. The fourth-order valence-electron chi connectivity index (χ4n) is 1.53. The summed E-state index contributed by atoms with van der Waals surface area (Å²) in [6.07, 6.45) is 4.53. The highest BCUT2D eigenvalue weighted by Gasteiger charge is 2.21. The van der Waals surface area contributed by atoms with E-state index in [2.05, 4.69) is 27.8 Å². The molecule has 1 heterocycles. The van der Waals surface area contributed by atoms with Crippen LogP contribution in [-0.2, 0) is 11.3 Å². The molecule has 0 amide bonds. The SMILES string of the molecule is CCCOCCCNc1nnc(CNC2CC2)o1. The second-order valence-electron chi connectivity index (χ2n) is 4.55. The van der Waals surface area contributed by atoms with Crippen LogP contribution in [0.2, 0.25) is 0 Å². The first kappa shape index (κ1) is 13.3. The topological polar surface area (TPSA) is 72.2 Å². The van der Waals surface area contributed by atoms with Gasteiger partial charge in [-0.05, 0) is 25.7 Å². The molecule has 18 heavy (non-hydrogen) atoms. The third-order valence-electron chi connectivity index (χ3n) is 2.68. The minimum Gasteiger partial charge on any atom is -0.407 e. The van der Waals surface area contributed by atoms with Gasteiger partial charge >= 0.3 is 6.01 Å². The maximum Gasteiger partial charge on any atom is 0.315 e. The lowest BCUT2D eigenvalue weighted by Gasteiger charge is -2.02. The molecule has 6 heteroatoms. The van der Waals surface area contributed by atoms with Gasteiger partial charge in [0.25, 0.3) is 0 Å². The van der Waals surface area contributed by atoms with Crippen molar-refractivity contribution in [2.75, 3.05) is 25.1 Å². The molecule has 1 aromatic rings. The number of hydrogen-bond donors (Lipinski definition) is 2. The lowest BCUT2D eigenvalue weighted by Crippen LogP contribution is -2.15. The number of anilines is 1. The summed E-state index contributed by atoms with van der Waals surface area (Å²) in [5.41, 5.74) is 0. The molecule has 1 fully saturated rings. The van der Waals surface area contributed by atoms with Crippen molar-refractivity contribution in [3.63, 3.8) is 0 Å². The van der Waals surface area contributed by atoms with Crippen molar-refractivity contribution in [2.45, 2.75) is 45.2 Å². The van der Waals surface area contributed by atoms with E-state index in [-0.39, 0.29) is 0 Å². The van der Waals surface area contributed by atoms with Gasteiger partial charge in [0.05, 0.1) is 6.54 Å². The Hall–Kier alpha value is -1.14. The van der Waals surface area contributed by atoms with Gasteiger partial charge < -0.3 is 19.8 Å². The summed E-state index contributed by atoms with van der Waals surface area (Å²) in [5.74, 6) is 0.645. The largest absolute Gasteiger partial charge is 0.407 e. The minimum atomic E-state index is 0.498. The molecule has 0 radical (unpaired) electrons. The quantitative estimate of drug-likeness (QED) is 0.617. The molecule has 2 rings (SSSR count). The highest BCUT2D eigenvalue weighted by atomic mass is 16.5. The van der Waals surface area contributed by atoms with Crippen molar-refractivity contribution in [3.8, 4) is 0 Å². The number of rotatable bonds is 10. The van der Waals surface area contributed by atoms with E-state index in [1.807, 2.05) is 0 Å². The van der Waals surface area contributed by atoms with Crippen molar-refractivity contribution >= 4 is 6.01 Å². The molecule has 0 saturated heterocycles. The first-order valence-corrected chi connectivity index (χ1v) is 6.76. The number of aromatic nitrogens is 2. The Labute approximate surface area is 107 Å². The molecule has 0 unspecified atom stereocenters. The highest BCUT2D eigenvalue weighted by molar-refractivity contribution is 5.16. The normalized spacial score (nSPS) is 14.9. The lowest BCUT2D eigenvalue weighted by atomic mass is 10.4. The Bertz CT molecular complexity index is 339. The van der Waals surface area contributed by atoms with Crippen LogP contribution < -0.4 is 10.6 Å². The number of nitrogens with zero attached hydrogens (tertiary/aromatic N) is 2. The predicted octanol–water partition coefficient (Wildman–Crippen LogP) is 1.55. The van der Waals surface area contributed by atoms with E-state index >= 15 is 0 Å².